The molecule has 72 valence electrons. The third-order valence-corrected chi connectivity index (χ3v) is 2.40. The van der Waals surface area contributed by atoms with Crippen molar-refractivity contribution in [3.8, 4) is 5.69 Å². The van der Waals surface area contributed by atoms with Crippen LogP contribution in [0, 0.1) is 0 Å². The first kappa shape index (κ1) is 8.17. The van der Waals surface area contributed by atoms with Gasteiger partial charge in [-0.05, 0) is 18.2 Å². The lowest BCUT2D eigenvalue weighted by molar-refractivity contribution is 1.11. The molecule has 0 aliphatic heterocycles. The Morgan fingerprint density at radius 3 is 2.73 bits per heavy atom. The number of benzene rings is 1. The first-order valence-corrected chi connectivity index (χ1v) is 4.77. The molecule has 2 heterocycles. The van der Waals surface area contributed by atoms with Crippen LogP contribution in [0.2, 0.25) is 0 Å². The van der Waals surface area contributed by atoms with Gasteiger partial charge in [0.25, 0.3) is 0 Å². The maximum Gasteiger partial charge on any atom is 0.116 e. The van der Waals surface area contributed by atoms with E-state index in [4.69, 9.17) is 0 Å². The van der Waals surface area contributed by atoms with Crippen LogP contribution >= 0.6 is 0 Å². The number of aromatic nitrogens is 3. The minimum atomic E-state index is 0.967. The predicted octanol–water partition coefficient (Wildman–Crippen LogP) is 2.42. The Labute approximate surface area is 87.0 Å². The third-order valence-electron chi connectivity index (χ3n) is 2.40. The summed E-state index contributed by atoms with van der Waals surface area (Å²) < 4.78 is 2.08. The molecule has 0 amide bonds. The van der Waals surface area contributed by atoms with Gasteiger partial charge >= 0.3 is 0 Å². The predicted molar refractivity (Wildman–Crippen MR) is 58.9 cm³/mol. The van der Waals surface area contributed by atoms with E-state index in [0.29, 0.717) is 0 Å². The van der Waals surface area contributed by atoms with E-state index >= 15 is 0 Å². The van der Waals surface area contributed by atoms with Crippen molar-refractivity contribution in [2.24, 2.45) is 0 Å². The molecule has 0 fully saturated rings. The molecule has 3 aromatic rings. The van der Waals surface area contributed by atoms with Gasteiger partial charge < -0.3 is 4.57 Å². The highest BCUT2D eigenvalue weighted by molar-refractivity contribution is 5.76. The summed E-state index contributed by atoms with van der Waals surface area (Å²) in [6.07, 6.45) is 5.40. The van der Waals surface area contributed by atoms with Crippen molar-refractivity contribution in [3.63, 3.8) is 0 Å². The summed E-state index contributed by atoms with van der Waals surface area (Å²) in [6.45, 7) is 0. The fourth-order valence-corrected chi connectivity index (χ4v) is 1.68. The Hall–Kier alpha value is -2.16. The lowest BCUT2D eigenvalue weighted by atomic mass is 10.3. The number of nitrogens with zero attached hydrogens (tertiary/aromatic N) is 3. The highest BCUT2D eigenvalue weighted by atomic mass is 15.0. The second-order valence-electron chi connectivity index (χ2n) is 3.31. The second kappa shape index (κ2) is 3.20. The molecule has 3 rings (SSSR count). The molecule has 0 unspecified atom stereocenters. The maximum atomic E-state index is 4.20. The van der Waals surface area contributed by atoms with Gasteiger partial charge in [-0.25, -0.2) is 9.97 Å². The van der Waals surface area contributed by atoms with Crippen LogP contribution in [0.4, 0.5) is 0 Å². The molecule has 15 heavy (non-hydrogen) atoms. The molecule has 0 saturated heterocycles. The zero-order valence-electron chi connectivity index (χ0n) is 8.04. The molecule has 1 aromatic carbocycles. The number of hydrogen-bond donors (Lipinski definition) is 0. The fourth-order valence-electron chi connectivity index (χ4n) is 1.68. The molecule has 0 saturated carbocycles. The standard InChI is InChI=1S/C12H9N3/c1-2-4-10(5-3-1)15-7-6-11-12(15)8-13-9-14-11/h1-9H. The minimum Gasteiger partial charge on any atom is -0.314 e. The zero-order valence-corrected chi connectivity index (χ0v) is 8.04. The van der Waals surface area contributed by atoms with Crippen molar-refractivity contribution in [1.29, 1.82) is 0 Å². The third kappa shape index (κ3) is 1.29. The van der Waals surface area contributed by atoms with E-state index in [0.717, 1.165) is 16.7 Å². The SMILES string of the molecule is c1ccc(-n2ccc3ncncc32)cc1. The van der Waals surface area contributed by atoms with Crippen LogP contribution in [0.15, 0.2) is 55.1 Å². The molecule has 0 bridgehead atoms. The smallest absolute Gasteiger partial charge is 0.116 e. The summed E-state index contributed by atoms with van der Waals surface area (Å²) in [6, 6.07) is 12.2. The van der Waals surface area contributed by atoms with Gasteiger partial charge in [0.05, 0.1) is 17.2 Å². The van der Waals surface area contributed by atoms with Crippen molar-refractivity contribution in [3.05, 3.63) is 55.1 Å². The first-order chi connectivity index (χ1) is 7.45. The zero-order chi connectivity index (χ0) is 10.1. The van der Waals surface area contributed by atoms with Crippen molar-refractivity contribution in [2.45, 2.75) is 0 Å². The Bertz CT molecular complexity index is 584. The largest absolute Gasteiger partial charge is 0.314 e. The van der Waals surface area contributed by atoms with Gasteiger partial charge in [-0.1, -0.05) is 18.2 Å². The quantitative estimate of drug-likeness (QED) is 0.597. The average Bonchev–Trinajstić information content (AvgIpc) is 2.74. The van der Waals surface area contributed by atoms with E-state index in [1.54, 1.807) is 6.33 Å². The lowest BCUT2D eigenvalue weighted by Crippen LogP contribution is -1.91. The maximum absolute atomic E-state index is 4.20. The number of rotatable bonds is 1. The van der Waals surface area contributed by atoms with Crippen LogP contribution in [-0.2, 0) is 0 Å². The van der Waals surface area contributed by atoms with Crippen LogP contribution in [-0.4, -0.2) is 14.5 Å². The van der Waals surface area contributed by atoms with Crippen molar-refractivity contribution in [1.82, 2.24) is 14.5 Å². The average molecular weight is 195 g/mol. The molecular weight excluding hydrogens is 186 g/mol. The molecule has 0 atom stereocenters. The fraction of sp³-hybridized carbons (Fsp3) is 0. The van der Waals surface area contributed by atoms with Gasteiger partial charge in [-0.2, -0.15) is 0 Å². The van der Waals surface area contributed by atoms with Crippen LogP contribution in [0.3, 0.4) is 0 Å². The summed E-state index contributed by atoms with van der Waals surface area (Å²) in [4.78, 5) is 8.23. The summed E-state index contributed by atoms with van der Waals surface area (Å²) >= 11 is 0. The number of fused-ring (bicyclic) bond motifs is 1. The summed E-state index contributed by atoms with van der Waals surface area (Å²) in [5, 5.41) is 0. The normalized spacial score (nSPS) is 10.7. The summed E-state index contributed by atoms with van der Waals surface area (Å²) in [5.41, 5.74) is 3.12. The molecule has 3 nitrogen and oxygen atoms in total. The van der Waals surface area contributed by atoms with E-state index in [2.05, 4.69) is 26.7 Å². The topological polar surface area (TPSA) is 30.7 Å². The van der Waals surface area contributed by atoms with Gasteiger partial charge in [0.1, 0.15) is 6.33 Å². The van der Waals surface area contributed by atoms with Crippen LogP contribution in [0.25, 0.3) is 16.7 Å². The summed E-state index contributed by atoms with van der Waals surface area (Å²) in [7, 11) is 0. The number of para-hydroxylation sites is 1. The van der Waals surface area contributed by atoms with Crippen LogP contribution in [0.1, 0.15) is 0 Å². The monoisotopic (exact) mass is 195 g/mol. The molecule has 2 aromatic heterocycles. The molecule has 0 N–H and O–H groups in total. The Morgan fingerprint density at radius 1 is 1.00 bits per heavy atom. The van der Waals surface area contributed by atoms with Gasteiger partial charge in [0, 0.05) is 11.9 Å². The second-order valence-corrected chi connectivity index (χ2v) is 3.31. The molecule has 0 aliphatic carbocycles. The Kier molecular flexibility index (Phi) is 1.75. The highest BCUT2D eigenvalue weighted by Gasteiger charge is 2.02. The van der Waals surface area contributed by atoms with Gasteiger partial charge in [-0.15, -0.1) is 0 Å². The first-order valence-electron chi connectivity index (χ1n) is 4.77. The lowest BCUT2D eigenvalue weighted by Gasteiger charge is -2.03. The number of hydrogen-bond acceptors (Lipinski definition) is 2. The van der Waals surface area contributed by atoms with E-state index in [1.165, 1.54) is 0 Å². The minimum absolute atomic E-state index is 0.967. The van der Waals surface area contributed by atoms with Gasteiger partial charge in [0.2, 0.25) is 0 Å². The molecular formula is C12H9N3. The summed E-state index contributed by atoms with van der Waals surface area (Å²) in [5.74, 6) is 0. The van der Waals surface area contributed by atoms with Crippen molar-refractivity contribution < 1.29 is 0 Å². The van der Waals surface area contributed by atoms with Crippen LogP contribution in [0.5, 0.6) is 0 Å². The van der Waals surface area contributed by atoms with E-state index < -0.39 is 0 Å². The van der Waals surface area contributed by atoms with E-state index in [9.17, 15) is 0 Å². The molecule has 0 spiro atoms. The van der Waals surface area contributed by atoms with E-state index in [1.807, 2.05) is 36.7 Å². The van der Waals surface area contributed by atoms with Crippen molar-refractivity contribution in [2.75, 3.05) is 0 Å². The molecule has 0 aliphatic rings. The van der Waals surface area contributed by atoms with Gasteiger partial charge in [-0.3, -0.25) is 0 Å². The van der Waals surface area contributed by atoms with E-state index in [-0.39, 0.29) is 0 Å². The highest BCUT2D eigenvalue weighted by Crippen LogP contribution is 2.16. The Morgan fingerprint density at radius 2 is 1.87 bits per heavy atom. The Balaban J connectivity index is 2.28. The molecule has 3 heteroatoms. The van der Waals surface area contributed by atoms with Gasteiger partial charge in [0.15, 0.2) is 0 Å². The molecule has 0 radical (unpaired) electrons. The van der Waals surface area contributed by atoms with Crippen LogP contribution < -0.4 is 0 Å². The van der Waals surface area contributed by atoms with Crippen molar-refractivity contribution >= 4 is 11.0 Å².